The number of halogens is 2. The third-order valence-corrected chi connectivity index (χ3v) is 3.68. The van der Waals surface area contributed by atoms with Crippen molar-refractivity contribution in [3.8, 4) is 0 Å². The first-order valence-electron chi connectivity index (χ1n) is 4.10. The van der Waals surface area contributed by atoms with Gasteiger partial charge < -0.3 is 4.74 Å². The van der Waals surface area contributed by atoms with E-state index >= 15 is 0 Å². The average molecular weight is 245 g/mol. The molecular formula is C10H6ClFO2S. The van der Waals surface area contributed by atoms with Crippen molar-refractivity contribution in [3.63, 3.8) is 0 Å². The van der Waals surface area contributed by atoms with Gasteiger partial charge in [-0.05, 0) is 6.07 Å². The molecule has 15 heavy (non-hydrogen) atoms. The van der Waals surface area contributed by atoms with Gasteiger partial charge in [-0.25, -0.2) is 9.18 Å². The predicted molar refractivity (Wildman–Crippen MR) is 58.1 cm³/mol. The van der Waals surface area contributed by atoms with Gasteiger partial charge in [0, 0.05) is 5.39 Å². The summed E-state index contributed by atoms with van der Waals surface area (Å²) >= 11 is 6.95. The van der Waals surface area contributed by atoms with E-state index in [1.807, 2.05) is 0 Å². The minimum absolute atomic E-state index is 0.235. The number of benzene rings is 1. The maximum absolute atomic E-state index is 13.3. The number of esters is 1. The number of rotatable bonds is 1. The predicted octanol–water partition coefficient (Wildman–Crippen LogP) is 3.48. The zero-order chi connectivity index (χ0) is 11.0. The fourth-order valence-electron chi connectivity index (χ4n) is 1.28. The highest BCUT2D eigenvalue weighted by atomic mass is 35.5. The van der Waals surface area contributed by atoms with E-state index in [-0.39, 0.29) is 15.7 Å². The lowest BCUT2D eigenvalue weighted by Gasteiger charge is -1.93. The molecule has 0 aliphatic heterocycles. The van der Waals surface area contributed by atoms with Gasteiger partial charge in [0.2, 0.25) is 0 Å². The summed E-state index contributed by atoms with van der Waals surface area (Å²) in [5.41, 5.74) is 0. The Morgan fingerprint density at radius 2 is 2.27 bits per heavy atom. The molecule has 2 rings (SSSR count). The van der Waals surface area contributed by atoms with Gasteiger partial charge in [0.15, 0.2) is 0 Å². The summed E-state index contributed by atoms with van der Waals surface area (Å²) < 4.78 is 18.3. The van der Waals surface area contributed by atoms with Gasteiger partial charge in [-0.3, -0.25) is 0 Å². The van der Waals surface area contributed by atoms with Crippen LogP contribution in [-0.4, -0.2) is 13.1 Å². The molecule has 1 aromatic heterocycles. The van der Waals surface area contributed by atoms with E-state index in [1.165, 1.54) is 13.2 Å². The fourth-order valence-corrected chi connectivity index (χ4v) is 2.70. The highest BCUT2D eigenvalue weighted by molar-refractivity contribution is 7.21. The molecule has 5 heteroatoms. The van der Waals surface area contributed by atoms with Crippen molar-refractivity contribution in [1.82, 2.24) is 0 Å². The van der Waals surface area contributed by atoms with E-state index in [9.17, 15) is 9.18 Å². The Balaban J connectivity index is 2.75. The van der Waals surface area contributed by atoms with Crippen LogP contribution in [0.15, 0.2) is 18.2 Å². The summed E-state index contributed by atoms with van der Waals surface area (Å²) in [6.07, 6.45) is 0. The Hall–Kier alpha value is -1.13. The summed E-state index contributed by atoms with van der Waals surface area (Å²) in [6, 6.07) is 4.55. The fraction of sp³-hybridized carbons (Fsp3) is 0.100. The van der Waals surface area contributed by atoms with Crippen LogP contribution in [-0.2, 0) is 4.74 Å². The minimum Gasteiger partial charge on any atom is -0.465 e. The van der Waals surface area contributed by atoms with Crippen LogP contribution in [0.3, 0.4) is 0 Å². The van der Waals surface area contributed by atoms with E-state index in [1.54, 1.807) is 12.1 Å². The summed E-state index contributed by atoms with van der Waals surface area (Å²) in [5, 5.41) is 0.795. The van der Waals surface area contributed by atoms with Gasteiger partial charge in [-0.2, -0.15) is 0 Å². The molecule has 0 amide bonds. The van der Waals surface area contributed by atoms with Crippen LogP contribution in [0.1, 0.15) is 9.67 Å². The molecule has 0 N–H and O–H groups in total. The summed E-state index contributed by atoms with van der Waals surface area (Å²) in [6.45, 7) is 0. The van der Waals surface area contributed by atoms with Gasteiger partial charge in [0.1, 0.15) is 10.7 Å². The second-order valence-corrected chi connectivity index (χ2v) is 4.25. The Labute approximate surface area is 94.2 Å². The van der Waals surface area contributed by atoms with E-state index in [0.29, 0.717) is 10.1 Å². The van der Waals surface area contributed by atoms with Gasteiger partial charge in [-0.15, -0.1) is 11.3 Å². The Bertz CT molecular complexity index is 535. The van der Waals surface area contributed by atoms with Crippen molar-refractivity contribution in [2.45, 2.75) is 0 Å². The van der Waals surface area contributed by atoms with Crippen LogP contribution in [0.25, 0.3) is 10.1 Å². The molecule has 78 valence electrons. The number of fused-ring (bicyclic) bond motifs is 1. The van der Waals surface area contributed by atoms with Crippen molar-refractivity contribution in [1.29, 1.82) is 0 Å². The molecular weight excluding hydrogens is 239 g/mol. The molecule has 0 bridgehead atoms. The number of carbonyl (C=O) groups excluding carboxylic acids is 1. The number of carbonyl (C=O) groups is 1. The number of hydrogen-bond acceptors (Lipinski definition) is 3. The first-order valence-corrected chi connectivity index (χ1v) is 5.29. The molecule has 0 atom stereocenters. The molecule has 0 fully saturated rings. The highest BCUT2D eigenvalue weighted by Crippen LogP contribution is 2.36. The molecule has 0 unspecified atom stereocenters. The minimum atomic E-state index is -0.541. The average Bonchev–Trinajstić information content (AvgIpc) is 2.57. The zero-order valence-electron chi connectivity index (χ0n) is 7.71. The Morgan fingerprint density at radius 3 is 2.87 bits per heavy atom. The summed E-state index contributed by atoms with van der Waals surface area (Å²) in [5.74, 6) is -0.921. The second-order valence-electron chi connectivity index (χ2n) is 2.85. The van der Waals surface area contributed by atoms with Gasteiger partial charge in [-0.1, -0.05) is 23.7 Å². The van der Waals surface area contributed by atoms with Crippen LogP contribution >= 0.6 is 22.9 Å². The molecule has 1 heterocycles. The van der Waals surface area contributed by atoms with Crippen molar-refractivity contribution in [2.24, 2.45) is 0 Å². The molecule has 1 aromatic carbocycles. The van der Waals surface area contributed by atoms with Crippen molar-refractivity contribution < 1.29 is 13.9 Å². The van der Waals surface area contributed by atoms with E-state index in [2.05, 4.69) is 4.74 Å². The number of methoxy groups -OCH3 is 1. The molecule has 2 nitrogen and oxygen atoms in total. The van der Waals surface area contributed by atoms with Gasteiger partial charge in [0.25, 0.3) is 0 Å². The van der Waals surface area contributed by atoms with E-state index in [0.717, 1.165) is 11.3 Å². The second kappa shape index (κ2) is 3.79. The molecule has 2 aromatic rings. The lowest BCUT2D eigenvalue weighted by Crippen LogP contribution is -1.97. The lowest BCUT2D eigenvalue weighted by atomic mass is 10.2. The van der Waals surface area contributed by atoms with Crippen molar-refractivity contribution >= 4 is 39.0 Å². The van der Waals surface area contributed by atoms with Crippen LogP contribution in [0.4, 0.5) is 4.39 Å². The number of thiophene rings is 1. The molecule has 0 saturated carbocycles. The number of hydrogen-bond donors (Lipinski definition) is 0. The molecule has 0 aliphatic carbocycles. The zero-order valence-corrected chi connectivity index (χ0v) is 9.29. The lowest BCUT2D eigenvalue weighted by molar-refractivity contribution is 0.0606. The molecule has 0 radical (unpaired) electrons. The Morgan fingerprint density at radius 1 is 1.53 bits per heavy atom. The van der Waals surface area contributed by atoms with Crippen LogP contribution in [0.2, 0.25) is 5.02 Å². The van der Waals surface area contributed by atoms with Crippen molar-refractivity contribution in [2.75, 3.05) is 7.11 Å². The first-order chi connectivity index (χ1) is 7.15. The van der Waals surface area contributed by atoms with Crippen LogP contribution in [0, 0.1) is 5.82 Å². The summed E-state index contributed by atoms with van der Waals surface area (Å²) in [4.78, 5) is 11.5. The maximum atomic E-state index is 13.3. The Kier molecular flexibility index (Phi) is 2.63. The van der Waals surface area contributed by atoms with Crippen LogP contribution in [0.5, 0.6) is 0 Å². The largest absolute Gasteiger partial charge is 0.465 e. The maximum Gasteiger partial charge on any atom is 0.349 e. The van der Waals surface area contributed by atoms with Gasteiger partial charge in [0.05, 0.1) is 16.8 Å². The van der Waals surface area contributed by atoms with E-state index in [4.69, 9.17) is 11.6 Å². The number of ether oxygens (including phenoxy) is 1. The first kappa shape index (κ1) is 10.4. The SMILES string of the molecule is COC(=O)c1sc2c(F)cccc2c1Cl. The standard InChI is InChI=1S/C10H6ClFO2S/c1-14-10(13)9-7(11)5-3-2-4-6(12)8(5)15-9/h2-4H,1H3. The monoisotopic (exact) mass is 244 g/mol. The van der Waals surface area contributed by atoms with Gasteiger partial charge >= 0.3 is 5.97 Å². The summed E-state index contributed by atoms with van der Waals surface area (Å²) in [7, 11) is 1.26. The highest BCUT2D eigenvalue weighted by Gasteiger charge is 2.18. The topological polar surface area (TPSA) is 26.3 Å². The molecule has 0 spiro atoms. The van der Waals surface area contributed by atoms with Crippen molar-refractivity contribution in [3.05, 3.63) is 33.9 Å². The third kappa shape index (κ3) is 1.60. The normalized spacial score (nSPS) is 10.6. The quantitative estimate of drug-likeness (QED) is 0.718. The molecule has 0 saturated heterocycles. The molecule has 0 aliphatic rings. The van der Waals surface area contributed by atoms with Crippen LogP contribution < -0.4 is 0 Å². The third-order valence-electron chi connectivity index (χ3n) is 1.98. The smallest absolute Gasteiger partial charge is 0.349 e. The van der Waals surface area contributed by atoms with E-state index < -0.39 is 5.97 Å².